The molecular formula is C28H38ClN5O4. The van der Waals surface area contributed by atoms with Gasteiger partial charge < -0.3 is 30.7 Å². The summed E-state index contributed by atoms with van der Waals surface area (Å²) in [5, 5.41) is 6.31. The number of morpholine rings is 1. The van der Waals surface area contributed by atoms with Gasteiger partial charge >= 0.3 is 6.03 Å². The molecule has 2 aromatic rings. The Kier molecular flexibility index (Phi) is 9.71. The van der Waals surface area contributed by atoms with Crippen LogP contribution in [-0.2, 0) is 11.3 Å². The highest BCUT2D eigenvalue weighted by atomic mass is 35.5. The van der Waals surface area contributed by atoms with E-state index in [1.165, 1.54) is 18.7 Å². The molecule has 1 unspecified atom stereocenters. The smallest absolute Gasteiger partial charge is 0.317 e. The molecule has 0 spiro atoms. The van der Waals surface area contributed by atoms with Crippen LogP contribution in [0, 0.1) is 12.8 Å². The number of urea groups is 1. The molecule has 38 heavy (non-hydrogen) atoms. The standard InChI is InChI=1S/C28H38ClN5O4/c1-19-5-3-4-6-21(19)15-32-28(36)34-9-7-20(8-10-34)17-33-11-12-38-22(18-33)16-31-27(35)23-13-24(29)25(30)14-26(23)37-2/h3-6,13-14,20,22H,7-12,15-18,30H2,1-2H3,(H,31,35)(H,32,36). The van der Waals surface area contributed by atoms with Crippen LogP contribution in [0.5, 0.6) is 5.75 Å². The highest BCUT2D eigenvalue weighted by Crippen LogP contribution is 2.29. The van der Waals surface area contributed by atoms with E-state index in [9.17, 15) is 9.59 Å². The number of rotatable bonds is 8. The number of carbonyl (C=O) groups excluding carboxylic acids is 2. The number of nitrogens with zero attached hydrogens (tertiary/aromatic N) is 2. The summed E-state index contributed by atoms with van der Waals surface area (Å²) in [4.78, 5) is 29.7. The molecule has 10 heteroatoms. The number of anilines is 1. The minimum absolute atomic E-state index is 0.00732. The molecule has 0 radical (unpaired) electrons. The van der Waals surface area contributed by atoms with Crippen LogP contribution < -0.4 is 21.1 Å². The minimum atomic E-state index is -0.280. The van der Waals surface area contributed by atoms with Gasteiger partial charge in [-0.25, -0.2) is 4.79 Å². The van der Waals surface area contributed by atoms with E-state index in [-0.39, 0.29) is 18.0 Å². The zero-order valence-electron chi connectivity index (χ0n) is 22.2. The quantitative estimate of drug-likeness (QED) is 0.441. The van der Waals surface area contributed by atoms with Crippen molar-refractivity contribution in [2.75, 3.05) is 58.7 Å². The Morgan fingerprint density at radius 2 is 1.92 bits per heavy atom. The number of likely N-dealkylation sites (tertiary alicyclic amines) is 1. The Morgan fingerprint density at radius 1 is 1.16 bits per heavy atom. The van der Waals surface area contributed by atoms with Gasteiger partial charge in [0, 0.05) is 51.9 Å². The number of nitrogens with one attached hydrogen (secondary N) is 2. The number of hydrogen-bond acceptors (Lipinski definition) is 6. The number of nitrogen functional groups attached to an aromatic ring is 1. The van der Waals surface area contributed by atoms with Crippen molar-refractivity contribution in [1.29, 1.82) is 0 Å². The first-order chi connectivity index (χ1) is 18.3. The predicted octanol–water partition coefficient (Wildman–Crippen LogP) is 3.29. The molecule has 0 aromatic heterocycles. The van der Waals surface area contributed by atoms with Crippen molar-refractivity contribution >= 4 is 29.2 Å². The van der Waals surface area contributed by atoms with Crippen LogP contribution in [0.2, 0.25) is 5.02 Å². The number of ether oxygens (including phenoxy) is 2. The van der Waals surface area contributed by atoms with E-state index in [2.05, 4.69) is 28.5 Å². The Bertz CT molecular complexity index is 1120. The summed E-state index contributed by atoms with van der Waals surface area (Å²) in [7, 11) is 1.49. The normalized spacial score (nSPS) is 18.7. The first-order valence-corrected chi connectivity index (χ1v) is 13.5. The number of amides is 3. The molecule has 4 N–H and O–H groups in total. The fourth-order valence-electron chi connectivity index (χ4n) is 5.06. The van der Waals surface area contributed by atoms with Crippen LogP contribution >= 0.6 is 11.6 Å². The molecule has 2 aliphatic heterocycles. The third-order valence-electron chi connectivity index (χ3n) is 7.39. The van der Waals surface area contributed by atoms with Gasteiger partial charge in [0.1, 0.15) is 5.75 Å². The van der Waals surface area contributed by atoms with E-state index in [4.69, 9.17) is 26.8 Å². The average Bonchev–Trinajstić information content (AvgIpc) is 2.93. The van der Waals surface area contributed by atoms with Crippen LogP contribution in [0.1, 0.15) is 34.3 Å². The van der Waals surface area contributed by atoms with E-state index in [1.54, 1.807) is 6.07 Å². The summed E-state index contributed by atoms with van der Waals surface area (Å²) < 4.78 is 11.2. The van der Waals surface area contributed by atoms with E-state index in [1.807, 2.05) is 23.1 Å². The molecule has 0 saturated carbocycles. The Hall–Kier alpha value is -3.01. The second-order valence-electron chi connectivity index (χ2n) is 10.1. The molecular weight excluding hydrogens is 506 g/mol. The van der Waals surface area contributed by atoms with E-state index in [0.29, 0.717) is 47.6 Å². The molecule has 2 fully saturated rings. The Morgan fingerprint density at radius 3 is 2.66 bits per heavy atom. The summed E-state index contributed by atoms with van der Waals surface area (Å²) in [6.07, 6.45) is 1.86. The topological polar surface area (TPSA) is 109 Å². The monoisotopic (exact) mass is 543 g/mol. The molecule has 3 amide bonds. The zero-order chi connectivity index (χ0) is 27.1. The lowest BCUT2D eigenvalue weighted by molar-refractivity contribution is -0.0330. The second-order valence-corrected chi connectivity index (χ2v) is 10.5. The van der Waals surface area contributed by atoms with Crippen molar-refractivity contribution in [3.63, 3.8) is 0 Å². The maximum atomic E-state index is 12.8. The lowest BCUT2D eigenvalue weighted by atomic mass is 9.96. The van der Waals surface area contributed by atoms with Crippen LogP contribution in [0.4, 0.5) is 10.5 Å². The van der Waals surface area contributed by atoms with Gasteiger partial charge in [-0.1, -0.05) is 35.9 Å². The third-order valence-corrected chi connectivity index (χ3v) is 7.71. The maximum absolute atomic E-state index is 12.8. The molecule has 0 bridgehead atoms. The predicted molar refractivity (Wildman–Crippen MR) is 149 cm³/mol. The number of nitrogens with two attached hydrogens (primary N) is 1. The van der Waals surface area contributed by atoms with Gasteiger partial charge in [0.25, 0.3) is 5.91 Å². The fourth-order valence-corrected chi connectivity index (χ4v) is 5.23. The number of benzene rings is 2. The summed E-state index contributed by atoms with van der Waals surface area (Å²) in [5.74, 6) is 0.633. The SMILES string of the molecule is COc1cc(N)c(Cl)cc1C(=O)NCC1CN(CC2CCN(C(=O)NCc3ccccc3C)CC2)CCO1. The molecule has 4 rings (SSSR count). The van der Waals surface area contributed by atoms with Gasteiger partial charge in [-0.2, -0.15) is 0 Å². The number of methoxy groups -OCH3 is 1. The van der Waals surface area contributed by atoms with Crippen molar-refractivity contribution in [1.82, 2.24) is 20.4 Å². The number of piperidine rings is 1. The average molecular weight is 544 g/mol. The summed E-state index contributed by atoms with van der Waals surface area (Å²) in [6, 6.07) is 11.2. The van der Waals surface area contributed by atoms with Crippen molar-refractivity contribution in [2.45, 2.75) is 32.4 Å². The summed E-state index contributed by atoms with van der Waals surface area (Å²) in [5.41, 5.74) is 8.85. The van der Waals surface area contributed by atoms with Crippen molar-refractivity contribution in [2.24, 2.45) is 5.92 Å². The largest absolute Gasteiger partial charge is 0.496 e. The summed E-state index contributed by atoms with van der Waals surface area (Å²) >= 11 is 6.10. The Balaban J connectivity index is 1.19. The zero-order valence-corrected chi connectivity index (χ0v) is 22.9. The van der Waals surface area contributed by atoms with Gasteiger partial charge in [-0.05, 0) is 42.9 Å². The van der Waals surface area contributed by atoms with Crippen LogP contribution in [0.3, 0.4) is 0 Å². The maximum Gasteiger partial charge on any atom is 0.317 e. The first kappa shape index (κ1) is 28.0. The molecule has 2 aromatic carbocycles. The van der Waals surface area contributed by atoms with Crippen molar-refractivity contribution < 1.29 is 19.1 Å². The molecule has 2 heterocycles. The highest BCUT2D eigenvalue weighted by molar-refractivity contribution is 6.33. The molecule has 9 nitrogen and oxygen atoms in total. The van der Waals surface area contributed by atoms with E-state index < -0.39 is 0 Å². The van der Waals surface area contributed by atoms with E-state index in [0.717, 1.165) is 51.1 Å². The number of hydrogen-bond donors (Lipinski definition) is 3. The van der Waals surface area contributed by atoms with Crippen LogP contribution in [0.15, 0.2) is 36.4 Å². The lowest BCUT2D eigenvalue weighted by Crippen LogP contribution is -2.50. The van der Waals surface area contributed by atoms with Crippen molar-refractivity contribution in [3.8, 4) is 5.75 Å². The van der Waals surface area contributed by atoms with Gasteiger partial charge in [0.05, 0.1) is 36.1 Å². The van der Waals surface area contributed by atoms with Gasteiger partial charge in [0.2, 0.25) is 0 Å². The fraction of sp³-hybridized carbons (Fsp3) is 0.500. The van der Waals surface area contributed by atoms with Gasteiger partial charge in [0.15, 0.2) is 0 Å². The second kappa shape index (κ2) is 13.2. The molecule has 2 aliphatic rings. The molecule has 1 atom stereocenters. The van der Waals surface area contributed by atoms with Crippen LogP contribution in [0.25, 0.3) is 0 Å². The summed E-state index contributed by atoms with van der Waals surface area (Å²) in [6.45, 7) is 7.73. The van der Waals surface area contributed by atoms with Crippen molar-refractivity contribution in [3.05, 3.63) is 58.1 Å². The molecule has 0 aliphatic carbocycles. The third kappa shape index (κ3) is 7.30. The van der Waals surface area contributed by atoms with Gasteiger partial charge in [-0.15, -0.1) is 0 Å². The molecule has 2 saturated heterocycles. The highest BCUT2D eigenvalue weighted by Gasteiger charge is 2.27. The number of halogens is 1. The molecule has 206 valence electrons. The van der Waals surface area contributed by atoms with Crippen LogP contribution in [-0.4, -0.2) is 80.8 Å². The Labute approximate surface area is 229 Å². The lowest BCUT2D eigenvalue weighted by Gasteiger charge is -2.38. The number of aryl methyl sites for hydroxylation is 1. The first-order valence-electron chi connectivity index (χ1n) is 13.2. The number of carbonyl (C=O) groups is 2. The van der Waals surface area contributed by atoms with Gasteiger partial charge in [-0.3, -0.25) is 9.69 Å². The minimum Gasteiger partial charge on any atom is -0.496 e. The van der Waals surface area contributed by atoms with E-state index >= 15 is 0 Å².